The number of hydrogen-bond donors (Lipinski definition) is 2. The Bertz CT molecular complexity index is 710. The van der Waals surface area contributed by atoms with Crippen molar-refractivity contribution < 1.29 is 14.7 Å². The monoisotopic (exact) mass is 487 g/mol. The van der Waals surface area contributed by atoms with Crippen LogP contribution in [0.25, 0.3) is 0 Å². The van der Waals surface area contributed by atoms with Crippen LogP contribution in [0, 0.1) is 11.5 Å². The van der Waals surface area contributed by atoms with E-state index >= 15 is 0 Å². The number of carboxylic acids is 1. The van der Waals surface area contributed by atoms with Crippen molar-refractivity contribution in [1.29, 1.82) is 0 Å². The van der Waals surface area contributed by atoms with Gasteiger partial charge in [0, 0.05) is 20.9 Å². The van der Waals surface area contributed by atoms with E-state index in [4.69, 9.17) is 0 Å². The molecule has 0 aliphatic heterocycles. The molecular weight excluding hydrogens is 466 g/mol. The molecule has 0 fully saturated rings. The van der Waals surface area contributed by atoms with Gasteiger partial charge >= 0.3 is 5.97 Å². The number of hydrogen-bond acceptors (Lipinski definition) is 2. The number of aliphatic carboxylic acids is 1. The molecule has 1 aromatic carbocycles. The highest BCUT2D eigenvalue weighted by Gasteiger charge is 2.33. The van der Waals surface area contributed by atoms with Crippen LogP contribution in [0.5, 0.6) is 0 Å². The van der Waals surface area contributed by atoms with Crippen molar-refractivity contribution in [3.8, 4) is 11.5 Å². The average molecular weight is 489 g/mol. The van der Waals surface area contributed by atoms with E-state index in [1.807, 2.05) is 0 Å². The summed E-state index contributed by atoms with van der Waals surface area (Å²) in [6.07, 6.45) is 0.0861. The van der Waals surface area contributed by atoms with Crippen LogP contribution in [0.2, 0.25) is 18.1 Å². The van der Waals surface area contributed by atoms with Crippen LogP contribution < -0.4 is 5.32 Å². The fourth-order valence-corrected chi connectivity index (χ4v) is 3.90. The van der Waals surface area contributed by atoms with Gasteiger partial charge in [0.15, 0.2) is 0 Å². The fraction of sp³-hybridized carbons (Fsp3) is 0.444. The van der Waals surface area contributed by atoms with Crippen molar-refractivity contribution >= 4 is 51.8 Å². The van der Waals surface area contributed by atoms with Crippen molar-refractivity contribution in [3.63, 3.8) is 0 Å². The molecule has 0 aliphatic carbocycles. The minimum Gasteiger partial charge on any atom is -0.480 e. The van der Waals surface area contributed by atoms with Crippen molar-refractivity contribution in [2.45, 2.75) is 51.4 Å². The zero-order chi connectivity index (χ0) is 19.4. The first-order valence-electron chi connectivity index (χ1n) is 7.83. The third-order valence-corrected chi connectivity index (χ3v) is 9.78. The molecule has 0 saturated heterocycles. The van der Waals surface area contributed by atoms with Gasteiger partial charge in [-0.3, -0.25) is 4.79 Å². The summed E-state index contributed by atoms with van der Waals surface area (Å²) in [4.78, 5) is 23.8. The maximum atomic E-state index is 12.3. The maximum Gasteiger partial charge on any atom is 0.327 e. The highest BCUT2D eigenvalue weighted by atomic mass is 79.9. The second-order valence-electron chi connectivity index (χ2n) is 7.40. The molecule has 1 amide bonds. The van der Waals surface area contributed by atoms with Gasteiger partial charge in [-0.05, 0) is 23.2 Å². The molecule has 25 heavy (non-hydrogen) atoms. The van der Waals surface area contributed by atoms with Gasteiger partial charge < -0.3 is 10.4 Å². The molecular formula is C18H23Br2NO3Si. The van der Waals surface area contributed by atoms with E-state index in [0.29, 0.717) is 5.56 Å². The number of amides is 1. The number of halogens is 2. The van der Waals surface area contributed by atoms with Crippen LogP contribution in [-0.4, -0.2) is 31.1 Å². The summed E-state index contributed by atoms with van der Waals surface area (Å²) in [5.41, 5.74) is 3.65. The van der Waals surface area contributed by atoms with Gasteiger partial charge in [-0.2, -0.15) is 0 Å². The smallest absolute Gasteiger partial charge is 0.327 e. The van der Waals surface area contributed by atoms with Crippen LogP contribution in [0.4, 0.5) is 0 Å². The van der Waals surface area contributed by atoms with E-state index in [1.54, 1.807) is 18.2 Å². The molecule has 0 unspecified atom stereocenters. The molecule has 7 heteroatoms. The first kappa shape index (κ1) is 21.9. The number of rotatable bonds is 4. The van der Waals surface area contributed by atoms with Gasteiger partial charge in [-0.1, -0.05) is 65.7 Å². The number of carbonyl (C=O) groups is 2. The van der Waals surface area contributed by atoms with E-state index in [2.05, 4.69) is 82.5 Å². The average Bonchev–Trinajstić information content (AvgIpc) is 2.43. The highest BCUT2D eigenvalue weighted by Crippen LogP contribution is 2.35. The third-order valence-electron chi connectivity index (χ3n) is 4.31. The number of carboxylic acid groups (broad SMARTS) is 1. The van der Waals surface area contributed by atoms with Gasteiger partial charge in [0.25, 0.3) is 5.91 Å². The van der Waals surface area contributed by atoms with E-state index in [9.17, 15) is 14.7 Å². The lowest BCUT2D eigenvalue weighted by Crippen LogP contribution is -2.41. The molecule has 136 valence electrons. The van der Waals surface area contributed by atoms with Crippen molar-refractivity contribution in [1.82, 2.24) is 5.32 Å². The summed E-state index contributed by atoms with van der Waals surface area (Å²) in [5.74, 6) is 1.46. The van der Waals surface area contributed by atoms with Gasteiger partial charge in [0.1, 0.15) is 14.1 Å². The molecule has 1 atom stereocenters. The second-order valence-corrected chi connectivity index (χ2v) is 14.2. The Labute approximate surface area is 167 Å². The van der Waals surface area contributed by atoms with Crippen molar-refractivity contribution in [2.24, 2.45) is 0 Å². The second kappa shape index (κ2) is 8.52. The Morgan fingerprint density at radius 1 is 1.20 bits per heavy atom. The Balaban J connectivity index is 2.89. The quantitative estimate of drug-likeness (QED) is 0.470. The van der Waals surface area contributed by atoms with Crippen LogP contribution in [0.3, 0.4) is 0 Å². The molecule has 0 aromatic heterocycles. The third kappa shape index (κ3) is 6.61. The molecule has 0 saturated carbocycles. The Hall–Kier alpha value is -1.10. The zero-order valence-corrected chi connectivity index (χ0v) is 19.2. The summed E-state index contributed by atoms with van der Waals surface area (Å²) >= 11 is 6.63. The number of benzene rings is 1. The van der Waals surface area contributed by atoms with Gasteiger partial charge in [0.2, 0.25) is 0 Å². The Morgan fingerprint density at radius 3 is 2.16 bits per heavy atom. The first-order valence-corrected chi connectivity index (χ1v) is 12.4. The molecule has 2 N–H and O–H groups in total. The Morgan fingerprint density at radius 2 is 1.72 bits per heavy atom. The predicted molar refractivity (Wildman–Crippen MR) is 110 cm³/mol. The topological polar surface area (TPSA) is 66.4 Å². The SMILES string of the molecule is CC(C)(C)[Si](C)(C)C#CC[C@H](NC(=O)c1cc(Br)cc(Br)c1)C(=O)O. The lowest BCUT2D eigenvalue weighted by Gasteiger charge is -2.31. The fourth-order valence-electron chi connectivity index (χ4n) is 1.69. The zero-order valence-electron chi connectivity index (χ0n) is 15.0. The lowest BCUT2D eigenvalue weighted by atomic mass is 10.1. The van der Waals surface area contributed by atoms with Crippen molar-refractivity contribution in [2.75, 3.05) is 0 Å². The van der Waals surface area contributed by atoms with Crippen molar-refractivity contribution in [3.05, 3.63) is 32.7 Å². The summed E-state index contributed by atoms with van der Waals surface area (Å²) in [6.45, 7) is 10.8. The summed E-state index contributed by atoms with van der Waals surface area (Å²) in [6, 6.07) is 4.04. The largest absolute Gasteiger partial charge is 0.480 e. The van der Waals surface area contributed by atoms with E-state index in [-0.39, 0.29) is 11.5 Å². The number of carbonyl (C=O) groups excluding carboxylic acids is 1. The highest BCUT2D eigenvalue weighted by molar-refractivity contribution is 9.11. The summed E-state index contributed by atoms with van der Waals surface area (Å²) in [7, 11) is -1.80. The van der Waals surface area contributed by atoms with Gasteiger partial charge in [-0.25, -0.2) is 4.79 Å². The molecule has 0 aliphatic rings. The minimum absolute atomic E-state index is 0.0861. The molecule has 0 radical (unpaired) electrons. The molecule has 1 rings (SSSR count). The summed E-state index contributed by atoms with van der Waals surface area (Å²) in [5, 5.41) is 12.0. The van der Waals surface area contributed by atoms with Crippen LogP contribution in [-0.2, 0) is 4.79 Å². The first-order chi connectivity index (χ1) is 11.3. The molecule has 0 heterocycles. The van der Waals surface area contributed by atoms with Crippen LogP contribution in [0.1, 0.15) is 37.6 Å². The minimum atomic E-state index is -1.80. The van der Waals surface area contributed by atoms with Crippen LogP contribution >= 0.6 is 31.9 Å². The van der Waals surface area contributed by atoms with E-state index in [1.165, 1.54) is 0 Å². The van der Waals surface area contributed by atoms with Crippen LogP contribution in [0.15, 0.2) is 27.1 Å². The summed E-state index contributed by atoms with van der Waals surface area (Å²) < 4.78 is 1.47. The Kier molecular flexibility index (Phi) is 7.48. The van der Waals surface area contributed by atoms with Gasteiger partial charge in [0.05, 0.1) is 0 Å². The molecule has 4 nitrogen and oxygen atoms in total. The van der Waals surface area contributed by atoms with E-state index < -0.39 is 26.0 Å². The maximum absolute atomic E-state index is 12.3. The number of nitrogens with one attached hydrogen (secondary N) is 1. The van der Waals surface area contributed by atoms with Gasteiger partial charge in [-0.15, -0.1) is 11.5 Å². The van der Waals surface area contributed by atoms with E-state index in [0.717, 1.165) is 8.95 Å². The molecule has 0 spiro atoms. The molecule has 1 aromatic rings. The standard InChI is InChI=1S/C18H23Br2NO3Si/c1-18(2,3)25(4,5)8-6-7-15(17(23)24)21-16(22)12-9-13(19)11-14(20)10-12/h9-11,15H,7H2,1-5H3,(H,21,22)(H,23,24)/t15-/m0/s1. The normalized spacial score (nSPS) is 12.8. The molecule has 0 bridgehead atoms. The lowest BCUT2D eigenvalue weighted by molar-refractivity contribution is -0.139. The predicted octanol–water partition coefficient (Wildman–Crippen LogP) is 4.84.